The fourth-order valence-corrected chi connectivity index (χ4v) is 5.51. The van der Waals surface area contributed by atoms with Gasteiger partial charge in [-0.2, -0.15) is 0 Å². The van der Waals surface area contributed by atoms with Gasteiger partial charge >= 0.3 is 0 Å². The maximum Gasteiger partial charge on any atom is 0.0482 e. The summed E-state index contributed by atoms with van der Waals surface area (Å²) in [6.45, 7) is 4.86. The van der Waals surface area contributed by atoms with Crippen LogP contribution < -0.4 is 0 Å². The molecule has 5 rings (SSSR count). The Morgan fingerprint density at radius 1 is 0.846 bits per heavy atom. The second kappa shape index (κ2) is 5.51. The molecule has 0 radical (unpaired) electrons. The molecule has 1 aliphatic rings. The van der Waals surface area contributed by atoms with Crippen molar-refractivity contribution in [3.05, 3.63) is 71.5 Å². The van der Waals surface area contributed by atoms with Crippen LogP contribution in [0, 0.1) is 5.92 Å². The summed E-state index contributed by atoms with van der Waals surface area (Å²) in [5.74, 6) is 1.69. The molecule has 2 nitrogen and oxygen atoms in total. The average Bonchev–Trinajstić information content (AvgIpc) is 3.12. The molecule has 0 N–H and O–H groups in total. The first-order chi connectivity index (χ1) is 12.6. The van der Waals surface area contributed by atoms with Crippen LogP contribution in [-0.2, 0) is 20.5 Å². The molecule has 4 aromatic rings. The maximum atomic E-state index is 2.43. The molecule has 0 aliphatic heterocycles. The first-order valence-electron chi connectivity index (χ1n) is 9.68. The van der Waals surface area contributed by atoms with Gasteiger partial charge in [0.15, 0.2) is 0 Å². The van der Waals surface area contributed by atoms with Crippen molar-refractivity contribution >= 4 is 21.8 Å². The zero-order valence-electron chi connectivity index (χ0n) is 16.0. The molecule has 0 bridgehead atoms. The summed E-state index contributed by atoms with van der Waals surface area (Å²) in [5, 5.41) is 2.79. The molecule has 2 aromatic heterocycles. The van der Waals surface area contributed by atoms with E-state index in [4.69, 9.17) is 0 Å². The summed E-state index contributed by atoms with van der Waals surface area (Å²) in [5.41, 5.74) is 7.28. The molecular formula is C24H26N2. The second-order valence-corrected chi connectivity index (χ2v) is 8.12. The summed E-state index contributed by atoms with van der Waals surface area (Å²) in [7, 11) is 4.47. The van der Waals surface area contributed by atoms with E-state index in [2.05, 4.69) is 91.7 Å². The summed E-state index contributed by atoms with van der Waals surface area (Å²) in [6.07, 6.45) is 1.15. The van der Waals surface area contributed by atoms with Crippen molar-refractivity contribution in [1.29, 1.82) is 0 Å². The summed E-state index contributed by atoms with van der Waals surface area (Å²) >= 11 is 0. The maximum absolute atomic E-state index is 2.43. The van der Waals surface area contributed by atoms with E-state index < -0.39 is 0 Å². The molecule has 26 heavy (non-hydrogen) atoms. The molecule has 0 saturated heterocycles. The van der Waals surface area contributed by atoms with E-state index in [0.717, 1.165) is 6.42 Å². The third kappa shape index (κ3) is 1.99. The van der Waals surface area contributed by atoms with Crippen molar-refractivity contribution in [1.82, 2.24) is 9.13 Å². The van der Waals surface area contributed by atoms with Gasteiger partial charge in [-0.15, -0.1) is 0 Å². The second-order valence-electron chi connectivity index (χ2n) is 8.12. The molecule has 3 atom stereocenters. The first kappa shape index (κ1) is 15.7. The van der Waals surface area contributed by atoms with Crippen molar-refractivity contribution in [2.45, 2.75) is 32.1 Å². The first-order valence-corrected chi connectivity index (χ1v) is 9.68. The highest BCUT2D eigenvalue weighted by Gasteiger charge is 2.37. The molecule has 2 aromatic carbocycles. The minimum atomic E-state index is 0.517. The van der Waals surface area contributed by atoms with E-state index in [9.17, 15) is 0 Å². The molecule has 0 fully saturated rings. The van der Waals surface area contributed by atoms with Crippen LogP contribution in [-0.4, -0.2) is 9.13 Å². The Hall–Kier alpha value is -2.48. The number of benzene rings is 2. The Morgan fingerprint density at radius 3 is 2.31 bits per heavy atom. The monoisotopic (exact) mass is 342 g/mol. The lowest BCUT2D eigenvalue weighted by molar-refractivity contribution is 0.360. The predicted octanol–water partition coefficient (Wildman–Crippen LogP) is 5.75. The summed E-state index contributed by atoms with van der Waals surface area (Å²) < 4.78 is 4.85. The number of fused-ring (bicyclic) bond motifs is 4. The van der Waals surface area contributed by atoms with Crippen molar-refractivity contribution < 1.29 is 0 Å². The van der Waals surface area contributed by atoms with Crippen LogP contribution in [0.5, 0.6) is 0 Å². The Kier molecular flexibility index (Phi) is 3.34. The van der Waals surface area contributed by atoms with Gasteiger partial charge < -0.3 is 9.13 Å². The minimum Gasteiger partial charge on any atom is -0.347 e. The number of rotatable bonds is 1. The highest BCUT2D eigenvalue weighted by molar-refractivity contribution is 5.87. The molecule has 1 aliphatic carbocycles. The molecule has 0 spiro atoms. The van der Waals surface area contributed by atoms with E-state index >= 15 is 0 Å². The highest BCUT2D eigenvalue weighted by atomic mass is 15.0. The van der Waals surface area contributed by atoms with E-state index in [-0.39, 0.29) is 0 Å². The number of para-hydroxylation sites is 2. The van der Waals surface area contributed by atoms with Crippen LogP contribution in [0.2, 0.25) is 0 Å². The van der Waals surface area contributed by atoms with Gasteiger partial charge in [0, 0.05) is 47.8 Å². The number of aromatic nitrogens is 2. The van der Waals surface area contributed by atoms with Crippen molar-refractivity contribution in [2.75, 3.05) is 0 Å². The summed E-state index contributed by atoms with van der Waals surface area (Å²) in [4.78, 5) is 0. The molecule has 0 unspecified atom stereocenters. The van der Waals surface area contributed by atoms with Crippen molar-refractivity contribution in [2.24, 2.45) is 20.0 Å². The topological polar surface area (TPSA) is 9.86 Å². The number of aryl methyl sites for hydroxylation is 2. The lowest BCUT2D eigenvalue weighted by atomic mass is 9.70. The van der Waals surface area contributed by atoms with Crippen LogP contribution in [0.3, 0.4) is 0 Å². The Morgan fingerprint density at radius 2 is 1.54 bits per heavy atom. The number of hydrogen-bond donors (Lipinski definition) is 0. The molecule has 2 heterocycles. The zero-order chi connectivity index (χ0) is 18.0. The third-order valence-corrected chi connectivity index (χ3v) is 6.72. The molecule has 0 saturated carbocycles. The molecule has 0 amide bonds. The molecular weight excluding hydrogens is 316 g/mol. The summed E-state index contributed by atoms with van der Waals surface area (Å²) in [6, 6.07) is 20.1. The van der Waals surface area contributed by atoms with Crippen molar-refractivity contribution in [3.63, 3.8) is 0 Å². The standard InChI is InChI=1S/C24H26N2/c1-15-13-21-24(18-10-6-8-12-20(18)26(21)4)16(2)23(15)22-14-17-9-5-7-11-19(17)25(22)3/h5-12,14-16,23H,13H2,1-4H3/t15-,16+,23-/m1/s1. The van der Waals surface area contributed by atoms with Gasteiger partial charge in [0.2, 0.25) is 0 Å². The van der Waals surface area contributed by atoms with E-state index in [1.165, 1.54) is 33.2 Å². The van der Waals surface area contributed by atoms with E-state index in [1.807, 2.05) is 0 Å². The smallest absolute Gasteiger partial charge is 0.0482 e. The van der Waals surface area contributed by atoms with Gasteiger partial charge in [-0.1, -0.05) is 50.2 Å². The number of hydrogen-bond acceptors (Lipinski definition) is 0. The van der Waals surface area contributed by atoms with Crippen LogP contribution in [0.1, 0.15) is 42.6 Å². The fraction of sp³-hybridized carbons (Fsp3) is 0.333. The molecule has 2 heteroatoms. The largest absolute Gasteiger partial charge is 0.347 e. The van der Waals surface area contributed by atoms with E-state index in [0.29, 0.717) is 17.8 Å². The van der Waals surface area contributed by atoms with Crippen LogP contribution in [0.4, 0.5) is 0 Å². The van der Waals surface area contributed by atoms with Gasteiger partial charge in [-0.3, -0.25) is 0 Å². The van der Waals surface area contributed by atoms with Crippen LogP contribution in [0.25, 0.3) is 21.8 Å². The minimum absolute atomic E-state index is 0.517. The fourth-order valence-electron chi connectivity index (χ4n) is 5.51. The highest BCUT2D eigenvalue weighted by Crippen LogP contribution is 2.49. The van der Waals surface area contributed by atoms with E-state index in [1.54, 1.807) is 5.56 Å². The third-order valence-electron chi connectivity index (χ3n) is 6.72. The lowest BCUT2D eigenvalue weighted by Crippen LogP contribution is -2.27. The Bertz CT molecular complexity index is 1130. The Balaban J connectivity index is 1.72. The number of nitrogens with zero attached hydrogens (tertiary/aromatic N) is 2. The van der Waals surface area contributed by atoms with Crippen LogP contribution in [0.15, 0.2) is 54.6 Å². The van der Waals surface area contributed by atoms with Crippen LogP contribution >= 0.6 is 0 Å². The van der Waals surface area contributed by atoms with Gasteiger partial charge in [0.05, 0.1) is 0 Å². The Labute approximate surface area is 155 Å². The normalized spacial score (nSPS) is 22.8. The van der Waals surface area contributed by atoms with Gasteiger partial charge in [-0.05, 0) is 47.4 Å². The average molecular weight is 342 g/mol. The van der Waals surface area contributed by atoms with Gasteiger partial charge in [-0.25, -0.2) is 0 Å². The molecule has 132 valence electrons. The predicted molar refractivity (Wildman–Crippen MR) is 110 cm³/mol. The SMILES string of the molecule is C[C@@H]1Cc2c(c3ccccc3n2C)[C@@H](C)[C@@H]1c1cc2ccccc2n1C. The lowest BCUT2D eigenvalue weighted by Gasteiger charge is -2.36. The van der Waals surface area contributed by atoms with Gasteiger partial charge in [0.1, 0.15) is 0 Å². The van der Waals surface area contributed by atoms with Gasteiger partial charge in [0.25, 0.3) is 0 Å². The quantitative estimate of drug-likeness (QED) is 0.417. The van der Waals surface area contributed by atoms with Crippen molar-refractivity contribution in [3.8, 4) is 0 Å². The zero-order valence-corrected chi connectivity index (χ0v) is 16.0.